The van der Waals surface area contributed by atoms with Gasteiger partial charge in [0.25, 0.3) is 0 Å². The van der Waals surface area contributed by atoms with Crippen molar-refractivity contribution in [3.63, 3.8) is 0 Å². The molecule has 0 radical (unpaired) electrons. The fraction of sp³-hybridized carbons (Fsp3) is 0.350. The van der Waals surface area contributed by atoms with Crippen molar-refractivity contribution in [3.8, 4) is 0 Å². The third kappa shape index (κ3) is 5.31. The van der Waals surface area contributed by atoms with Gasteiger partial charge in [0.15, 0.2) is 0 Å². The molecule has 0 bridgehead atoms. The van der Waals surface area contributed by atoms with Crippen molar-refractivity contribution in [1.29, 1.82) is 0 Å². The molecular weight excluding hydrogens is 335 g/mol. The smallest absolute Gasteiger partial charge is 0.233 e. The molecule has 25 heavy (non-hydrogen) atoms. The molecule has 132 valence electrons. The van der Waals surface area contributed by atoms with E-state index in [4.69, 9.17) is 0 Å². The average Bonchev–Trinajstić information content (AvgIpc) is 3.02. The Morgan fingerprint density at radius 2 is 2.08 bits per heavy atom. The Bertz CT molecular complexity index is 710. The highest BCUT2D eigenvalue weighted by atomic mass is 32.2. The number of likely N-dealkylation sites (tertiary alicyclic amines) is 1. The van der Waals surface area contributed by atoms with Crippen molar-refractivity contribution < 1.29 is 9.18 Å². The summed E-state index contributed by atoms with van der Waals surface area (Å²) in [4.78, 5) is 15.6. The highest BCUT2D eigenvalue weighted by Gasteiger charge is 2.25. The van der Waals surface area contributed by atoms with Crippen LogP contribution < -0.4 is 5.32 Å². The Hall–Kier alpha value is -1.85. The van der Waals surface area contributed by atoms with E-state index < -0.39 is 0 Å². The molecule has 1 heterocycles. The van der Waals surface area contributed by atoms with Crippen LogP contribution in [0.25, 0.3) is 0 Å². The second-order valence-corrected chi connectivity index (χ2v) is 7.85. The lowest BCUT2D eigenvalue weighted by molar-refractivity contribution is -0.120. The number of thioether (sulfide) groups is 1. The minimum absolute atomic E-state index is 0.0147. The number of nitrogens with zero attached hydrogens (tertiary/aromatic N) is 1. The van der Waals surface area contributed by atoms with Crippen LogP contribution in [0, 0.1) is 5.82 Å². The molecule has 3 rings (SSSR count). The Kier molecular flexibility index (Phi) is 6.10. The molecule has 1 fully saturated rings. The van der Waals surface area contributed by atoms with Crippen LogP contribution in [0.1, 0.15) is 18.9 Å². The summed E-state index contributed by atoms with van der Waals surface area (Å²) >= 11 is 1.39. The van der Waals surface area contributed by atoms with E-state index in [1.54, 1.807) is 6.07 Å². The minimum atomic E-state index is -0.273. The number of carbonyl (C=O) groups is 1. The molecule has 1 N–H and O–H groups in total. The third-order valence-corrected chi connectivity index (χ3v) is 5.44. The second kappa shape index (κ2) is 8.50. The summed E-state index contributed by atoms with van der Waals surface area (Å²) in [6.45, 7) is 4.64. The van der Waals surface area contributed by atoms with Gasteiger partial charge in [0.05, 0.1) is 5.25 Å². The fourth-order valence-corrected chi connectivity index (χ4v) is 3.97. The summed E-state index contributed by atoms with van der Waals surface area (Å²) in [5.74, 6) is -0.259. The van der Waals surface area contributed by atoms with Gasteiger partial charge in [0.2, 0.25) is 5.91 Å². The first-order chi connectivity index (χ1) is 12.1. The molecule has 1 saturated heterocycles. The van der Waals surface area contributed by atoms with Crippen LogP contribution in [0.15, 0.2) is 59.5 Å². The van der Waals surface area contributed by atoms with Gasteiger partial charge in [-0.15, -0.1) is 11.8 Å². The Balaban J connectivity index is 1.46. The number of halogens is 1. The van der Waals surface area contributed by atoms with E-state index >= 15 is 0 Å². The zero-order valence-electron chi connectivity index (χ0n) is 14.3. The molecule has 1 amide bonds. The van der Waals surface area contributed by atoms with Crippen LogP contribution in [0.5, 0.6) is 0 Å². The van der Waals surface area contributed by atoms with Crippen molar-refractivity contribution in [2.24, 2.45) is 0 Å². The van der Waals surface area contributed by atoms with Gasteiger partial charge in [0, 0.05) is 30.6 Å². The van der Waals surface area contributed by atoms with Gasteiger partial charge < -0.3 is 5.32 Å². The average molecular weight is 358 g/mol. The standard InChI is InChI=1S/C20H23FN2OS/c1-15(25-19-9-5-8-17(21)12-19)20(24)22-18-10-11-23(14-18)13-16-6-3-2-4-7-16/h2-9,12,15,18H,10-11,13-14H2,1H3,(H,22,24). The predicted molar refractivity (Wildman–Crippen MR) is 100.0 cm³/mol. The zero-order valence-corrected chi connectivity index (χ0v) is 15.1. The number of rotatable bonds is 6. The molecule has 0 saturated carbocycles. The maximum absolute atomic E-state index is 13.2. The zero-order chi connectivity index (χ0) is 17.6. The molecule has 2 unspecified atom stereocenters. The number of hydrogen-bond donors (Lipinski definition) is 1. The molecular formula is C20H23FN2OS. The van der Waals surface area contributed by atoms with E-state index in [0.29, 0.717) is 0 Å². The Labute approximate surface area is 152 Å². The topological polar surface area (TPSA) is 32.3 Å². The number of amides is 1. The largest absolute Gasteiger partial charge is 0.351 e. The van der Waals surface area contributed by atoms with Crippen LogP contribution in [0.4, 0.5) is 4.39 Å². The molecule has 5 heteroatoms. The van der Waals surface area contributed by atoms with E-state index in [1.807, 2.05) is 19.1 Å². The predicted octanol–water partition coefficient (Wildman–Crippen LogP) is 3.70. The van der Waals surface area contributed by atoms with Crippen molar-refractivity contribution in [3.05, 3.63) is 66.0 Å². The first-order valence-electron chi connectivity index (χ1n) is 8.59. The molecule has 0 aliphatic carbocycles. The van der Waals surface area contributed by atoms with Crippen LogP contribution in [-0.2, 0) is 11.3 Å². The van der Waals surface area contributed by atoms with Gasteiger partial charge in [-0.25, -0.2) is 4.39 Å². The van der Waals surface area contributed by atoms with Crippen LogP contribution >= 0.6 is 11.8 Å². The lowest BCUT2D eigenvalue weighted by Crippen LogP contribution is -2.40. The third-order valence-electron chi connectivity index (χ3n) is 4.35. The number of carbonyl (C=O) groups excluding carboxylic acids is 1. The quantitative estimate of drug-likeness (QED) is 0.799. The molecule has 3 nitrogen and oxygen atoms in total. The Morgan fingerprint density at radius 1 is 1.28 bits per heavy atom. The van der Waals surface area contributed by atoms with Crippen LogP contribution in [-0.4, -0.2) is 35.2 Å². The van der Waals surface area contributed by atoms with Gasteiger partial charge >= 0.3 is 0 Å². The number of benzene rings is 2. The van der Waals surface area contributed by atoms with E-state index in [0.717, 1.165) is 31.0 Å². The summed E-state index contributed by atoms with van der Waals surface area (Å²) < 4.78 is 13.2. The van der Waals surface area contributed by atoms with E-state index in [2.05, 4.69) is 34.5 Å². The lowest BCUT2D eigenvalue weighted by atomic mass is 10.2. The molecule has 2 aromatic rings. The maximum Gasteiger partial charge on any atom is 0.233 e. The van der Waals surface area contributed by atoms with Gasteiger partial charge in [-0.1, -0.05) is 36.4 Å². The lowest BCUT2D eigenvalue weighted by Gasteiger charge is -2.18. The summed E-state index contributed by atoms with van der Waals surface area (Å²) in [7, 11) is 0. The second-order valence-electron chi connectivity index (χ2n) is 6.43. The van der Waals surface area contributed by atoms with Crippen molar-refractivity contribution >= 4 is 17.7 Å². The van der Waals surface area contributed by atoms with Crippen LogP contribution in [0.3, 0.4) is 0 Å². The van der Waals surface area contributed by atoms with E-state index in [-0.39, 0.29) is 23.0 Å². The SMILES string of the molecule is CC(Sc1cccc(F)c1)C(=O)NC1CCN(Cc2ccccc2)C1. The summed E-state index contributed by atoms with van der Waals surface area (Å²) in [6.07, 6.45) is 0.968. The summed E-state index contributed by atoms with van der Waals surface area (Å²) in [5, 5.41) is 2.89. The highest BCUT2D eigenvalue weighted by Crippen LogP contribution is 2.24. The first kappa shape index (κ1) is 18.0. The van der Waals surface area contributed by atoms with Gasteiger partial charge in [-0.3, -0.25) is 9.69 Å². The van der Waals surface area contributed by atoms with Crippen molar-refractivity contribution in [1.82, 2.24) is 10.2 Å². The first-order valence-corrected chi connectivity index (χ1v) is 9.47. The van der Waals surface area contributed by atoms with Crippen LogP contribution in [0.2, 0.25) is 0 Å². The number of nitrogens with one attached hydrogen (secondary N) is 1. The maximum atomic E-state index is 13.2. The summed E-state index contributed by atoms with van der Waals surface area (Å²) in [6, 6.07) is 16.9. The monoisotopic (exact) mass is 358 g/mol. The highest BCUT2D eigenvalue weighted by molar-refractivity contribution is 8.00. The van der Waals surface area contributed by atoms with Crippen molar-refractivity contribution in [2.75, 3.05) is 13.1 Å². The molecule has 2 atom stereocenters. The van der Waals surface area contributed by atoms with E-state index in [9.17, 15) is 9.18 Å². The van der Waals surface area contributed by atoms with Gasteiger partial charge in [-0.2, -0.15) is 0 Å². The Morgan fingerprint density at radius 3 is 2.84 bits per heavy atom. The fourth-order valence-electron chi connectivity index (χ4n) is 3.05. The van der Waals surface area contributed by atoms with Gasteiger partial charge in [-0.05, 0) is 37.1 Å². The molecule has 0 aromatic heterocycles. The summed E-state index contributed by atoms with van der Waals surface area (Å²) in [5.41, 5.74) is 1.30. The minimum Gasteiger partial charge on any atom is -0.351 e. The molecule has 1 aliphatic heterocycles. The van der Waals surface area contributed by atoms with Crippen molar-refractivity contribution in [2.45, 2.75) is 36.1 Å². The van der Waals surface area contributed by atoms with E-state index in [1.165, 1.54) is 29.5 Å². The normalized spacial score (nSPS) is 18.9. The van der Waals surface area contributed by atoms with Gasteiger partial charge in [0.1, 0.15) is 5.82 Å². The molecule has 0 spiro atoms. The molecule has 1 aliphatic rings. The number of hydrogen-bond acceptors (Lipinski definition) is 3. The molecule has 2 aromatic carbocycles.